The van der Waals surface area contributed by atoms with Crippen LogP contribution in [-0.4, -0.2) is 21.2 Å². The number of rotatable bonds is 5. The highest BCUT2D eigenvalue weighted by Gasteiger charge is 2.33. The summed E-state index contributed by atoms with van der Waals surface area (Å²) in [6, 6.07) is 15.6. The van der Waals surface area contributed by atoms with Gasteiger partial charge in [-0.2, -0.15) is 5.10 Å². The Morgan fingerprint density at radius 1 is 1.07 bits per heavy atom. The minimum atomic E-state index is -0.224. The van der Waals surface area contributed by atoms with Crippen LogP contribution in [-0.2, 0) is 17.8 Å². The molecule has 1 aromatic heterocycles. The van der Waals surface area contributed by atoms with Crippen LogP contribution in [0.2, 0.25) is 0 Å². The first-order valence-electron chi connectivity index (χ1n) is 10.1. The molecule has 0 unspecified atom stereocenters. The maximum Gasteiger partial charge on any atom is 0.242 e. The number of benzene rings is 2. The fraction of sp³-hybridized carbons (Fsp3) is 0.348. The number of carbonyl (C=O) groups excluding carboxylic acids is 1. The number of aromatic nitrogens is 2. The van der Waals surface area contributed by atoms with Gasteiger partial charge in [0.05, 0.1) is 11.7 Å². The number of amides is 1. The summed E-state index contributed by atoms with van der Waals surface area (Å²) >= 11 is 3.48. The fourth-order valence-electron chi connectivity index (χ4n) is 4.33. The Hall–Kier alpha value is -2.47. The second-order valence-corrected chi connectivity index (χ2v) is 8.79. The molecule has 3 aromatic rings. The zero-order valence-electron chi connectivity index (χ0n) is 16.2. The highest BCUT2D eigenvalue weighted by molar-refractivity contribution is 9.10. The number of carbonyl (C=O) groups is 1. The smallest absolute Gasteiger partial charge is 0.242 e. The number of para-hydroxylation sites is 1. The van der Waals surface area contributed by atoms with Crippen molar-refractivity contribution in [2.24, 2.45) is 0 Å². The molecule has 0 saturated heterocycles. The molecule has 0 radical (unpaired) electrons. The van der Waals surface area contributed by atoms with Gasteiger partial charge < -0.3 is 5.32 Å². The Labute approximate surface area is 178 Å². The molecule has 1 heterocycles. The maximum atomic E-state index is 13.0. The van der Waals surface area contributed by atoms with Crippen molar-refractivity contribution in [2.45, 2.75) is 50.6 Å². The van der Waals surface area contributed by atoms with Crippen molar-refractivity contribution in [3.8, 4) is 0 Å². The molecule has 1 N–H and O–H groups in total. The number of halogens is 1. The highest BCUT2D eigenvalue weighted by Crippen LogP contribution is 2.32. The van der Waals surface area contributed by atoms with Gasteiger partial charge in [-0.05, 0) is 49.1 Å². The molecule has 0 atom stereocenters. The summed E-state index contributed by atoms with van der Waals surface area (Å²) in [6.07, 6.45) is 7.52. The van der Waals surface area contributed by atoms with E-state index in [-0.39, 0.29) is 23.4 Å². The standard InChI is InChI=1S/C23H24BrN3O2/c24-18-10-8-17(9-11-18)14-23(12-4-1-5-13-23)26-22(29)16-27-20-7-3-2-6-19(20)21(28)15-25-27/h2-3,6-11,15H,1,4-5,12-14,16H2,(H,26,29). The Bertz CT molecular complexity index is 1070. The van der Waals surface area contributed by atoms with Gasteiger partial charge in [0, 0.05) is 15.4 Å². The van der Waals surface area contributed by atoms with E-state index in [1.54, 1.807) is 10.7 Å². The molecule has 1 saturated carbocycles. The van der Waals surface area contributed by atoms with E-state index < -0.39 is 0 Å². The predicted molar refractivity (Wildman–Crippen MR) is 118 cm³/mol. The number of hydrogen-bond donors (Lipinski definition) is 1. The molecule has 0 bridgehead atoms. The zero-order valence-corrected chi connectivity index (χ0v) is 17.8. The van der Waals surface area contributed by atoms with Crippen molar-refractivity contribution < 1.29 is 4.79 Å². The summed E-state index contributed by atoms with van der Waals surface area (Å²) < 4.78 is 2.67. The third kappa shape index (κ3) is 4.58. The fourth-order valence-corrected chi connectivity index (χ4v) is 4.59. The van der Waals surface area contributed by atoms with Crippen molar-refractivity contribution in [2.75, 3.05) is 0 Å². The summed E-state index contributed by atoms with van der Waals surface area (Å²) in [5.41, 5.74) is 1.55. The van der Waals surface area contributed by atoms with Crippen molar-refractivity contribution in [1.82, 2.24) is 15.1 Å². The molecule has 150 valence electrons. The average molecular weight is 454 g/mol. The first kappa shape index (κ1) is 19.8. The normalized spacial score (nSPS) is 15.9. The van der Waals surface area contributed by atoms with Crippen LogP contribution in [0.15, 0.2) is 64.0 Å². The maximum absolute atomic E-state index is 13.0. The van der Waals surface area contributed by atoms with Gasteiger partial charge in [0.2, 0.25) is 11.3 Å². The number of nitrogens with one attached hydrogen (secondary N) is 1. The first-order chi connectivity index (χ1) is 14.0. The van der Waals surface area contributed by atoms with E-state index in [9.17, 15) is 9.59 Å². The number of nitrogens with zero attached hydrogens (tertiary/aromatic N) is 2. The van der Waals surface area contributed by atoms with Crippen LogP contribution in [0.25, 0.3) is 10.9 Å². The van der Waals surface area contributed by atoms with Crippen molar-refractivity contribution in [1.29, 1.82) is 0 Å². The van der Waals surface area contributed by atoms with Crippen molar-refractivity contribution >= 4 is 32.7 Å². The molecular weight excluding hydrogens is 430 g/mol. The van der Waals surface area contributed by atoms with Gasteiger partial charge in [-0.1, -0.05) is 59.5 Å². The first-order valence-corrected chi connectivity index (χ1v) is 10.8. The molecule has 0 spiro atoms. The molecule has 6 heteroatoms. The van der Waals surface area contributed by atoms with E-state index >= 15 is 0 Å². The van der Waals surface area contributed by atoms with E-state index in [0.29, 0.717) is 10.9 Å². The minimum absolute atomic E-state index is 0.0645. The Balaban J connectivity index is 1.55. The predicted octanol–water partition coefficient (Wildman–Crippen LogP) is 4.22. The van der Waals surface area contributed by atoms with Gasteiger partial charge >= 0.3 is 0 Å². The highest BCUT2D eigenvalue weighted by atomic mass is 79.9. The number of hydrogen-bond acceptors (Lipinski definition) is 3. The van der Waals surface area contributed by atoms with Crippen LogP contribution >= 0.6 is 15.9 Å². The van der Waals surface area contributed by atoms with Gasteiger partial charge in [-0.15, -0.1) is 0 Å². The van der Waals surface area contributed by atoms with Gasteiger partial charge in [0.25, 0.3) is 0 Å². The largest absolute Gasteiger partial charge is 0.349 e. The molecule has 29 heavy (non-hydrogen) atoms. The summed E-state index contributed by atoms with van der Waals surface area (Å²) in [5.74, 6) is -0.0645. The molecule has 5 nitrogen and oxygen atoms in total. The lowest BCUT2D eigenvalue weighted by molar-refractivity contribution is -0.124. The molecular formula is C23H24BrN3O2. The summed E-state index contributed by atoms with van der Waals surface area (Å²) in [7, 11) is 0. The third-order valence-electron chi connectivity index (χ3n) is 5.73. The average Bonchev–Trinajstić information content (AvgIpc) is 2.73. The zero-order chi connectivity index (χ0) is 20.3. The molecule has 1 fully saturated rings. The Kier molecular flexibility index (Phi) is 5.81. The van der Waals surface area contributed by atoms with E-state index in [0.717, 1.165) is 36.6 Å². The van der Waals surface area contributed by atoms with E-state index in [1.165, 1.54) is 18.2 Å². The molecule has 1 amide bonds. The molecule has 0 aliphatic heterocycles. The molecule has 2 aromatic carbocycles. The molecule has 4 rings (SSSR count). The third-order valence-corrected chi connectivity index (χ3v) is 6.26. The topological polar surface area (TPSA) is 64.0 Å². The summed E-state index contributed by atoms with van der Waals surface area (Å²) in [4.78, 5) is 25.0. The van der Waals surface area contributed by atoms with Gasteiger partial charge in [-0.25, -0.2) is 0 Å². The van der Waals surface area contributed by atoms with Crippen LogP contribution in [0, 0.1) is 0 Å². The Morgan fingerprint density at radius 2 is 1.79 bits per heavy atom. The van der Waals surface area contributed by atoms with Gasteiger partial charge in [0.1, 0.15) is 6.54 Å². The van der Waals surface area contributed by atoms with Crippen LogP contribution in [0.3, 0.4) is 0 Å². The lowest BCUT2D eigenvalue weighted by Crippen LogP contribution is -2.52. The molecule has 1 aliphatic carbocycles. The monoisotopic (exact) mass is 453 g/mol. The summed E-state index contributed by atoms with van der Waals surface area (Å²) in [5, 5.41) is 8.11. The van der Waals surface area contributed by atoms with E-state index in [2.05, 4.69) is 38.5 Å². The molecule has 1 aliphatic rings. The van der Waals surface area contributed by atoms with Crippen LogP contribution in [0.1, 0.15) is 37.7 Å². The minimum Gasteiger partial charge on any atom is -0.349 e. The lowest BCUT2D eigenvalue weighted by atomic mass is 9.77. The Morgan fingerprint density at radius 3 is 2.55 bits per heavy atom. The second kappa shape index (κ2) is 8.49. The van der Waals surface area contributed by atoms with E-state index in [4.69, 9.17) is 0 Å². The van der Waals surface area contributed by atoms with Crippen LogP contribution < -0.4 is 10.7 Å². The number of fused-ring (bicyclic) bond motifs is 1. The second-order valence-electron chi connectivity index (χ2n) is 7.88. The van der Waals surface area contributed by atoms with Crippen molar-refractivity contribution in [3.63, 3.8) is 0 Å². The van der Waals surface area contributed by atoms with Gasteiger partial charge in [-0.3, -0.25) is 14.3 Å². The lowest BCUT2D eigenvalue weighted by Gasteiger charge is -2.38. The summed E-state index contributed by atoms with van der Waals surface area (Å²) in [6.45, 7) is 0.100. The van der Waals surface area contributed by atoms with Crippen LogP contribution in [0.5, 0.6) is 0 Å². The van der Waals surface area contributed by atoms with Crippen molar-refractivity contribution in [3.05, 3.63) is 75.0 Å². The van der Waals surface area contributed by atoms with Gasteiger partial charge in [0.15, 0.2) is 0 Å². The SMILES string of the molecule is O=C(Cn1ncc(=O)c2ccccc21)NC1(Cc2ccc(Br)cc2)CCCCC1. The van der Waals surface area contributed by atoms with Crippen LogP contribution in [0.4, 0.5) is 0 Å². The quantitative estimate of drug-likeness (QED) is 0.628. The van der Waals surface area contributed by atoms with E-state index in [1.807, 2.05) is 30.3 Å².